The second-order valence-corrected chi connectivity index (χ2v) is 5.18. The summed E-state index contributed by atoms with van der Waals surface area (Å²) in [5, 5.41) is 3.41. The van der Waals surface area contributed by atoms with E-state index in [9.17, 15) is 0 Å². The van der Waals surface area contributed by atoms with E-state index < -0.39 is 0 Å². The number of para-hydroxylation sites is 1. The Morgan fingerprint density at radius 1 is 1.22 bits per heavy atom. The molecule has 0 spiro atoms. The second-order valence-electron chi connectivity index (χ2n) is 5.18. The molecule has 0 aromatic heterocycles. The van der Waals surface area contributed by atoms with E-state index in [0.29, 0.717) is 6.04 Å². The Labute approximate surface area is 111 Å². The SMILES string of the molecule is CC(CCN(C)c1ccccc1)N1CCNCC1. The maximum atomic E-state index is 3.41. The smallest absolute Gasteiger partial charge is 0.0363 e. The van der Waals surface area contributed by atoms with Gasteiger partial charge in [-0.3, -0.25) is 4.90 Å². The Balaban J connectivity index is 1.76. The van der Waals surface area contributed by atoms with Gasteiger partial charge in [0.2, 0.25) is 0 Å². The predicted molar refractivity (Wildman–Crippen MR) is 78.2 cm³/mol. The molecule has 100 valence electrons. The van der Waals surface area contributed by atoms with Crippen LogP contribution in [0.15, 0.2) is 30.3 Å². The zero-order valence-corrected chi connectivity index (χ0v) is 11.6. The first kappa shape index (κ1) is 13.4. The molecule has 1 heterocycles. The zero-order chi connectivity index (χ0) is 12.8. The Morgan fingerprint density at radius 3 is 2.56 bits per heavy atom. The number of nitrogens with zero attached hydrogens (tertiary/aromatic N) is 2. The molecule has 18 heavy (non-hydrogen) atoms. The molecule has 0 radical (unpaired) electrons. The second kappa shape index (κ2) is 6.76. The molecule has 1 unspecified atom stereocenters. The van der Waals surface area contributed by atoms with E-state index in [2.05, 4.69) is 59.4 Å². The van der Waals surface area contributed by atoms with Crippen LogP contribution in [0, 0.1) is 0 Å². The summed E-state index contributed by atoms with van der Waals surface area (Å²) < 4.78 is 0. The van der Waals surface area contributed by atoms with Gasteiger partial charge < -0.3 is 10.2 Å². The van der Waals surface area contributed by atoms with Crippen molar-refractivity contribution in [1.29, 1.82) is 0 Å². The maximum absolute atomic E-state index is 3.41. The fourth-order valence-electron chi connectivity index (χ4n) is 2.50. The molecule has 1 aliphatic rings. The van der Waals surface area contributed by atoms with E-state index in [1.54, 1.807) is 0 Å². The fourth-order valence-corrected chi connectivity index (χ4v) is 2.50. The third-order valence-corrected chi connectivity index (χ3v) is 3.85. The first-order valence-electron chi connectivity index (χ1n) is 6.98. The van der Waals surface area contributed by atoms with E-state index in [4.69, 9.17) is 0 Å². The summed E-state index contributed by atoms with van der Waals surface area (Å²) in [6.07, 6.45) is 1.23. The maximum Gasteiger partial charge on any atom is 0.0363 e. The molecule has 0 bridgehead atoms. The number of rotatable bonds is 5. The highest BCUT2D eigenvalue weighted by atomic mass is 15.2. The summed E-state index contributed by atoms with van der Waals surface area (Å²) >= 11 is 0. The molecule has 1 N–H and O–H groups in total. The average molecular weight is 247 g/mol. The molecule has 2 rings (SSSR count). The van der Waals surface area contributed by atoms with E-state index in [-0.39, 0.29) is 0 Å². The van der Waals surface area contributed by atoms with Gasteiger partial charge >= 0.3 is 0 Å². The minimum absolute atomic E-state index is 0.679. The van der Waals surface area contributed by atoms with Gasteiger partial charge in [-0.25, -0.2) is 0 Å². The standard InChI is InChI=1S/C15H25N3/c1-14(18-12-9-16-10-13-18)8-11-17(2)15-6-4-3-5-7-15/h3-7,14,16H,8-13H2,1-2H3. The van der Waals surface area contributed by atoms with Gasteiger partial charge in [0.1, 0.15) is 0 Å². The first-order valence-corrected chi connectivity index (χ1v) is 6.98. The van der Waals surface area contributed by atoms with Crippen LogP contribution in [0.4, 0.5) is 5.69 Å². The Kier molecular flexibility index (Phi) is 5.02. The summed E-state index contributed by atoms with van der Waals surface area (Å²) in [6, 6.07) is 11.3. The normalized spacial score (nSPS) is 18.6. The third kappa shape index (κ3) is 3.72. The lowest BCUT2D eigenvalue weighted by Crippen LogP contribution is -2.48. The predicted octanol–water partition coefficient (Wildman–Crippen LogP) is 1.81. The molecule has 1 atom stereocenters. The van der Waals surface area contributed by atoms with Crippen molar-refractivity contribution in [2.75, 3.05) is 44.7 Å². The minimum atomic E-state index is 0.679. The Bertz CT molecular complexity index is 333. The van der Waals surface area contributed by atoms with Gasteiger partial charge in [0.05, 0.1) is 0 Å². The van der Waals surface area contributed by atoms with Crippen molar-refractivity contribution in [3.8, 4) is 0 Å². The minimum Gasteiger partial charge on any atom is -0.375 e. The topological polar surface area (TPSA) is 18.5 Å². The zero-order valence-electron chi connectivity index (χ0n) is 11.6. The third-order valence-electron chi connectivity index (χ3n) is 3.85. The summed E-state index contributed by atoms with van der Waals surface area (Å²) in [7, 11) is 2.18. The lowest BCUT2D eigenvalue weighted by atomic mass is 10.1. The van der Waals surface area contributed by atoms with E-state index in [1.165, 1.54) is 25.2 Å². The van der Waals surface area contributed by atoms with Gasteiger partial charge in [0, 0.05) is 51.5 Å². The molecule has 0 amide bonds. The number of hydrogen-bond donors (Lipinski definition) is 1. The average Bonchev–Trinajstić information content (AvgIpc) is 2.46. The molecule has 1 aromatic carbocycles. The molecule has 3 heteroatoms. The van der Waals surface area contributed by atoms with E-state index in [0.717, 1.165) is 19.6 Å². The molecular weight excluding hydrogens is 222 g/mol. The molecule has 1 fully saturated rings. The highest BCUT2D eigenvalue weighted by Gasteiger charge is 2.16. The van der Waals surface area contributed by atoms with Crippen LogP contribution in [0.5, 0.6) is 0 Å². The van der Waals surface area contributed by atoms with Crippen LogP contribution < -0.4 is 10.2 Å². The largest absolute Gasteiger partial charge is 0.375 e. The van der Waals surface area contributed by atoms with Gasteiger partial charge in [0.15, 0.2) is 0 Å². The molecule has 1 aromatic rings. The molecule has 1 saturated heterocycles. The Hall–Kier alpha value is -1.06. The molecule has 0 saturated carbocycles. The molecule has 3 nitrogen and oxygen atoms in total. The van der Waals surface area contributed by atoms with Crippen molar-refractivity contribution < 1.29 is 0 Å². The van der Waals surface area contributed by atoms with Crippen LogP contribution in [-0.4, -0.2) is 50.7 Å². The van der Waals surface area contributed by atoms with Crippen LogP contribution in [0.2, 0.25) is 0 Å². The first-order chi connectivity index (χ1) is 8.77. The summed E-state index contributed by atoms with van der Waals surface area (Å²) in [4.78, 5) is 4.94. The van der Waals surface area contributed by atoms with Crippen molar-refractivity contribution in [2.24, 2.45) is 0 Å². The van der Waals surface area contributed by atoms with Crippen molar-refractivity contribution >= 4 is 5.69 Å². The van der Waals surface area contributed by atoms with E-state index in [1.807, 2.05) is 0 Å². The van der Waals surface area contributed by atoms with Gasteiger partial charge in [-0.1, -0.05) is 18.2 Å². The molecule has 1 aliphatic heterocycles. The van der Waals surface area contributed by atoms with Crippen molar-refractivity contribution in [3.63, 3.8) is 0 Å². The summed E-state index contributed by atoms with van der Waals surface area (Å²) in [6.45, 7) is 8.13. The fraction of sp³-hybridized carbons (Fsp3) is 0.600. The van der Waals surface area contributed by atoms with Crippen LogP contribution >= 0.6 is 0 Å². The van der Waals surface area contributed by atoms with Crippen LogP contribution in [0.25, 0.3) is 0 Å². The van der Waals surface area contributed by atoms with Gasteiger partial charge in [-0.15, -0.1) is 0 Å². The highest BCUT2D eigenvalue weighted by Crippen LogP contribution is 2.13. The number of benzene rings is 1. The number of piperazine rings is 1. The summed E-state index contributed by atoms with van der Waals surface area (Å²) in [5.74, 6) is 0. The molecular formula is C15H25N3. The van der Waals surface area contributed by atoms with Crippen molar-refractivity contribution in [1.82, 2.24) is 10.2 Å². The Morgan fingerprint density at radius 2 is 1.89 bits per heavy atom. The monoisotopic (exact) mass is 247 g/mol. The van der Waals surface area contributed by atoms with Crippen LogP contribution in [0.3, 0.4) is 0 Å². The van der Waals surface area contributed by atoms with Gasteiger partial charge in [-0.2, -0.15) is 0 Å². The lowest BCUT2D eigenvalue weighted by molar-refractivity contribution is 0.178. The quantitative estimate of drug-likeness (QED) is 0.856. The number of nitrogens with one attached hydrogen (secondary N) is 1. The number of hydrogen-bond acceptors (Lipinski definition) is 3. The van der Waals surface area contributed by atoms with Crippen molar-refractivity contribution in [3.05, 3.63) is 30.3 Å². The van der Waals surface area contributed by atoms with Gasteiger partial charge in [-0.05, 0) is 25.5 Å². The van der Waals surface area contributed by atoms with Crippen LogP contribution in [-0.2, 0) is 0 Å². The van der Waals surface area contributed by atoms with Crippen LogP contribution in [0.1, 0.15) is 13.3 Å². The molecule has 0 aliphatic carbocycles. The van der Waals surface area contributed by atoms with Gasteiger partial charge in [0.25, 0.3) is 0 Å². The van der Waals surface area contributed by atoms with E-state index >= 15 is 0 Å². The highest BCUT2D eigenvalue weighted by molar-refractivity contribution is 5.44. The lowest BCUT2D eigenvalue weighted by Gasteiger charge is -2.33. The number of anilines is 1. The van der Waals surface area contributed by atoms with Crippen molar-refractivity contribution in [2.45, 2.75) is 19.4 Å². The summed E-state index contributed by atoms with van der Waals surface area (Å²) in [5.41, 5.74) is 1.31.